The summed E-state index contributed by atoms with van der Waals surface area (Å²) in [5.41, 5.74) is 6.22. The molecule has 3 rings (SSSR count). The first kappa shape index (κ1) is 15.8. The van der Waals surface area contributed by atoms with E-state index in [2.05, 4.69) is 20.2 Å². The van der Waals surface area contributed by atoms with Gasteiger partial charge in [-0.3, -0.25) is 0 Å². The van der Waals surface area contributed by atoms with Crippen LogP contribution in [0.3, 0.4) is 0 Å². The maximum absolute atomic E-state index is 12.6. The largest absolute Gasteiger partial charge is 0.416 e. The predicted molar refractivity (Wildman–Crippen MR) is 82.9 cm³/mol. The second kappa shape index (κ2) is 6.20. The molecule has 0 aliphatic carbocycles. The molecule has 0 unspecified atom stereocenters. The van der Waals surface area contributed by atoms with Crippen LogP contribution < -0.4 is 5.73 Å². The summed E-state index contributed by atoms with van der Waals surface area (Å²) in [5.74, 6) is 0.797. The molecule has 120 valence electrons. The van der Waals surface area contributed by atoms with Gasteiger partial charge in [-0.2, -0.15) is 18.2 Å². The number of hydrogen-bond acceptors (Lipinski definition) is 6. The Hall–Kier alpha value is -2.07. The van der Waals surface area contributed by atoms with E-state index in [4.69, 9.17) is 5.73 Å². The highest BCUT2D eigenvalue weighted by molar-refractivity contribution is 7.98. The molecule has 2 aromatic heterocycles. The molecule has 0 saturated heterocycles. The van der Waals surface area contributed by atoms with Gasteiger partial charge in [-0.1, -0.05) is 23.9 Å². The minimum atomic E-state index is -4.33. The summed E-state index contributed by atoms with van der Waals surface area (Å²) in [7, 11) is 0. The number of H-pyrrole nitrogens is 1. The van der Waals surface area contributed by atoms with Gasteiger partial charge in [0.15, 0.2) is 0 Å². The SMILES string of the molecule is Nc1nc(SCc2csc(-c3ccc(C(F)(F)F)cc3)n2)n[nH]1. The quantitative estimate of drug-likeness (QED) is 0.694. The highest BCUT2D eigenvalue weighted by Gasteiger charge is 2.30. The number of benzene rings is 1. The summed E-state index contributed by atoms with van der Waals surface area (Å²) >= 11 is 2.75. The zero-order valence-corrected chi connectivity index (χ0v) is 13.1. The Bertz CT molecular complexity index is 795. The molecule has 10 heteroatoms. The summed E-state index contributed by atoms with van der Waals surface area (Å²) in [6.07, 6.45) is -4.33. The van der Waals surface area contributed by atoms with Crippen LogP contribution in [-0.2, 0) is 11.9 Å². The molecule has 0 atom stereocenters. The third-order valence-corrected chi connectivity index (χ3v) is 4.66. The lowest BCUT2D eigenvalue weighted by Crippen LogP contribution is -2.03. The van der Waals surface area contributed by atoms with E-state index in [9.17, 15) is 13.2 Å². The van der Waals surface area contributed by atoms with E-state index in [0.717, 1.165) is 17.8 Å². The maximum Gasteiger partial charge on any atom is 0.416 e. The lowest BCUT2D eigenvalue weighted by Gasteiger charge is -2.06. The molecule has 0 radical (unpaired) electrons. The first-order valence-electron chi connectivity index (χ1n) is 6.34. The fourth-order valence-corrected chi connectivity index (χ4v) is 3.40. The van der Waals surface area contributed by atoms with E-state index in [1.807, 2.05) is 5.38 Å². The third-order valence-electron chi connectivity index (χ3n) is 2.84. The Kier molecular flexibility index (Phi) is 4.26. The number of nitrogen functional groups attached to an aromatic ring is 1. The summed E-state index contributed by atoms with van der Waals surface area (Å²) in [6.45, 7) is 0. The summed E-state index contributed by atoms with van der Waals surface area (Å²) in [4.78, 5) is 8.38. The zero-order chi connectivity index (χ0) is 16.4. The van der Waals surface area contributed by atoms with Crippen LogP contribution in [0.25, 0.3) is 10.6 Å². The molecule has 0 saturated carbocycles. The number of halogens is 3. The summed E-state index contributed by atoms with van der Waals surface area (Å²) in [6, 6.07) is 4.96. The number of nitrogens with zero attached hydrogens (tertiary/aromatic N) is 3. The molecule has 3 N–H and O–H groups in total. The Morgan fingerprint density at radius 1 is 1.17 bits per heavy atom. The standard InChI is InChI=1S/C13H10F3N5S2/c14-13(15,16)8-3-1-7(2-4-8)10-18-9(5-22-10)6-23-12-19-11(17)20-21-12/h1-5H,6H2,(H3,17,19,20,21). The molecule has 23 heavy (non-hydrogen) atoms. The molecule has 0 aliphatic heterocycles. The van der Waals surface area contributed by atoms with E-state index in [1.165, 1.54) is 35.2 Å². The zero-order valence-electron chi connectivity index (χ0n) is 11.5. The van der Waals surface area contributed by atoms with Crippen molar-refractivity contribution in [3.05, 3.63) is 40.9 Å². The first-order valence-corrected chi connectivity index (χ1v) is 8.21. The summed E-state index contributed by atoms with van der Waals surface area (Å²) in [5, 5.41) is 9.49. The molecular formula is C13H10F3N5S2. The van der Waals surface area contributed by atoms with Crippen LogP contribution in [0.2, 0.25) is 0 Å². The molecule has 0 fully saturated rings. The Morgan fingerprint density at radius 2 is 1.91 bits per heavy atom. The maximum atomic E-state index is 12.6. The van der Waals surface area contributed by atoms with Gasteiger partial charge in [-0.25, -0.2) is 10.1 Å². The van der Waals surface area contributed by atoms with Crippen molar-refractivity contribution in [1.29, 1.82) is 0 Å². The lowest BCUT2D eigenvalue weighted by atomic mass is 10.1. The second-order valence-electron chi connectivity index (χ2n) is 4.51. The summed E-state index contributed by atoms with van der Waals surface area (Å²) < 4.78 is 37.7. The average Bonchev–Trinajstić information content (AvgIpc) is 3.13. The molecule has 0 aliphatic rings. The number of hydrogen-bond donors (Lipinski definition) is 2. The number of rotatable bonds is 4. The fraction of sp³-hybridized carbons (Fsp3) is 0.154. The van der Waals surface area contributed by atoms with Gasteiger partial charge in [-0.15, -0.1) is 16.4 Å². The predicted octanol–water partition coefficient (Wildman–Crippen LogP) is 3.82. The van der Waals surface area contributed by atoms with Crippen molar-refractivity contribution in [2.45, 2.75) is 17.1 Å². The number of nitrogens with one attached hydrogen (secondary N) is 1. The number of alkyl halides is 3. The van der Waals surface area contributed by atoms with Crippen molar-refractivity contribution in [2.75, 3.05) is 5.73 Å². The van der Waals surface area contributed by atoms with Crippen LogP contribution >= 0.6 is 23.1 Å². The number of thiazole rings is 1. The number of aromatic nitrogens is 4. The van der Waals surface area contributed by atoms with Crippen LogP contribution in [-0.4, -0.2) is 20.2 Å². The van der Waals surface area contributed by atoms with Crippen molar-refractivity contribution in [1.82, 2.24) is 20.2 Å². The average molecular weight is 357 g/mol. The number of nitrogens with two attached hydrogens (primary N) is 1. The van der Waals surface area contributed by atoms with Gasteiger partial charge >= 0.3 is 6.18 Å². The van der Waals surface area contributed by atoms with Crippen LogP contribution in [0.4, 0.5) is 19.1 Å². The minimum Gasteiger partial charge on any atom is -0.368 e. The molecule has 0 bridgehead atoms. The number of thioether (sulfide) groups is 1. The van der Waals surface area contributed by atoms with Crippen molar-refractivity contribution in [3.63, 3.8) is 0 Å². The van der Waals surface area contributed by atoms with E-state index in [0.29, 0.717) is 21.5 Å². The van der Waals surface area contributed by atoms with Crippen LogP contribution in [0.15, 0.2) is 34.8 Å². The molecule has 1 aromatic carbocycles. The van der Waals surface area contributed by atoms with Gasteiger partial charge in [0.05, 0.1) is 11.3 Å². The van der Waals surface area contributed by atoms with Crippen LogP contribution in [0.1, 0.15) is 11.3 Å². The topological polar surface area (TPSA) is 80.5 Å². The Labute approximate surface area is 137 Å². The Balaban J connectivity index is 1.69. The van der Waals surface area contributed by atoms with Gasteiger partial charge in [0.1, 0.15) is 5.01 Å². The Morgan fingerprint density at radius 3 is 2.52 bits per heavy atom. The molecule has 5 nitrogen and oxygen atoms in total. The third kappa shape index (κ3) is 3.82. The van der Waals surface area contributed by atoms with Crippen LogP contribution in [0, 0.1) is 0 Å². The van der Waals surface area contributed by atoms with Crippen LogP contribution in [0.5, 0.6) is 0 Å². The van der Waals surface area contributed by atoms with Crippen molar-refractivity contribution in [3.8, 4) is 10.6 Å². The highest BCUT2D eigenvalue weighted by atomic mass is 32.2. The van der Waals surface area contributed by atoms with Gasteiger partial charge in [0, 0.05) is 16.7 Å². The molecular weight excluding hydrogens is 347 g/mol. The van der Waals surface area contributed by atoms with Gasteiger partial charge in [0.25, 0.3) is 0 Å². The number of anilines is 1. The van der Waals surface area contributed by atoms with Crippen molar-refractivity contribution < 1.29 is 13.2 Å². The van der Waals surface area contributed by atoms with Gasteiger partial charge in [-0.05, 0) is 12.1 Å². The van der Waals surface area contributed by atoms with Crippen molar-refractivity contribution in [2.24, 2.45) is 0 Å². The lowest BCUT2D eigenvalue weighted by molar-refractivity contribution is -0.137. The smallest absolute Gasteiger partial charge is 0.368 e. The van der Waals surface area contributed by atoms with Gasteiger partial charge in [0.2, 0.25) is 11.1 Å². The van der Waals surface area contributed by atoms with E-state index in [1.54, 1.807) is 0 Å². The molecule has 0 spiro atoms. The molecule has 0 amide bonds. The molecule has 3 aromatic rings. The monoisotopic (exact) mass is 357 g/mol. The van der Waals surface area contributed by atoms with E-state index < -0.39 is 11.7 Å². The van der Waals surface area contributed by atoms with E-state index in [-0.39, 0.29) is 5.95 Å². The normalized spacial score (nSPS) is 11.8. The highest BCUT2D eigenvalue weighted by Crippen LogP contribution is 2.32. The fourth-order valence-electron chi connectivity index (χ4n) is 1.77. The van der Waals surface area contributed by atoms with Crippen molar-refractivity contribution >= 4 is 29.0 Å². The van der Waals surface area contributed by atoms with Gasteiger partial charge < -0.3 is 5.73 Å². The number of aromatic amines is 1. The second-order valence-corrected chi connectivity index (χ2v) is 6.31. The first-order chi connectivity index (χ1) is 10.9. The van der Waals surface area contributed by atoms with E-state index >= 15 is 0 Å². The minimum absolute atomic E-state index is 0.247. The molecule has 2 heterocycles.